The predicted molar refractivity (Wildman–Crippen MR) is 71.2 cm³/mol. The molecule has 0 N–H and O–H groups in total. The summed E-state index contributed by atoms with van der Waals surface area (Å²) in [4.78, 5) is 6.31. The molecule has 1 aromatic heterocycles. The van der Waals surface area contributed by atoms with Gasteiger partial charge in [0.25, 0.3) is 0 Å². The average Bonchev–Trinajstić information content (AvgIpc) is 2.25. The zero-order valence-corrected chi connectivity index (χ0v) is 11.5. The normalized spacial score (nSPS) is 10.2. The minimum Gasteiger partial charge on any atom is -0.383 e. The quantitative estimate of drug-likeness (QED) is 0.755. The molecule has 0 aliphatic heterocycles. The first-order chi connectivity index (χ1) is 7.69. The molecule has 1 rings (SSSR count). The van der Waals surface area contributed by atoms with Gasteiger partial charge in [-0.15, -0.1) is 6.58 Å². The van der Waals surface area contributed by atoms with Crippen LogP contribution >= 0.6 is 27.5 Å². The number of rotatable bonds is 6. The van der Waals surface area contributed by atoms with Gasteiger partial charge in [0.05, 0.1) is 11.6 Å². The van der Waals surface area contributed by atoms with Gasteiger partial charge in [0.1, 0.15) is 5.82 Å². The highest BCUT2D eigenvalue weighted by atomic mass is 79.9. The molecule has 0 radical (unpaired) electrons. The largest absolute Gasteiger partial charge is 0.383 e. The van der Waals surface area contributed by atoms with Crippen LogP contribution < -0.4 is 4.90 Å². The lowest BCUT2D eigenvalue weighted by atomic mass is 10.4. The van der Waals surface area contributed by atoms with Crippen LogP contribution in [0.25, 0.3) is 0 Å². The lowest BCUT2D eigenvalue weighted by Gasteiger charge is -2.22. The third-order valence-corrected chi connectivity index (χ3v) is 2.71. The van der Waals surface area contributed by atoms with Crippen LogP contribution in [0.3, 0.4) is 0 Å². The first-order valence-corrected chi connectivity index (χ1v) is 6.02. The van der Waals surface area contributed by atoms with Gasteiger partial charge in [0, 0.05) is 30.9 Å². The Morgan fingerprint density at radius 2 is 2.44 bits per heavy atom. The van der Waals surface area contributed by atoms with E-state index in [0.717, 1.165) is 16.8 Å². The van der Waals surface area contributed by atoms with Crippen LogP contribution in [0, 0.1) is 0 Å². The van der Waals surface area contributed by atoms with Crippen molar-refractivity contribution in [3.63, 3.8) is 0 Å². The average molecular weight is 306 g/mol. The van der Waals surface area contributed by atoms with E-state index in [0.29, 0.717) is 18.2 Å². The number of nitrogens with zero attached hydrogens (tertiary/aromatic N) is 2. The standard InChI is InChI=1S/C11H14BrClN2O/c1-3-4-15(5-6-16-2)11-10(13)7-9(12)8-14-11/h3,7-8H,1,4-6H2,2H3. The number of methoxy groups -OCH3 is 1. The van der Waals surface area contributed by atoms with E-state index in [1.54, 1.807) is 13.3 Å². The molecule has 0 bridgehead atoms. The van der Waals surface area contributed by atoms with Crippen molar-refractivity contribution >= 4 is 33.3 Å². The number of halogens is 2. The van der Waals surface area contributed by atoms with Gasteiger partial charge < -0.3 is 9.64 Å². The van der Waals surface area contributed by atoms with E-state index in [-0.39, 0.29) is 0 Å². The van der Waals surface area contributed by atoms with Gasteiger partial charge in [-0.25, -0.2) is 4.98 Å². The molecule has 0 amide bonds. The molecule has 0 saturated carbocycles. The summed E-state index contributed by atoms with van der Waals surface area (Å²) in [5.41, 5.74) is 0. The fourth-order valence-corrected chi connectivity index (χ4v) is 2.03. The third-order valence-electron chi connectivity index (χ3n) is 2.00. The molecule has 1 heterocycles. The molecule has 0 fully saturated rings. The van der Waals surface area contributed by atoms with Crippen LogP contribution in [-0.4, -0.2) is 31.8 Å². The molecule has 0 unspecified atom stereocenters. The maximum Gasteiger partial charge on any atom is 0.147 e. The summed E-state index contributed by atoms with van der Waals surface area (Å²) in [7, 11) is 1.67. The number of hydrogen-bond acceptors (Lipinski definition) is 3. The minimum absolute atomic E-state index is 0.618. The molecular weight excluding hydrogens is 291 g/mol. The maximum absolute atomic E-state index is 6.13. The van der Waals surface area contributed by atoms with E-state index in [4.69, 9.17) is 16.3 Å². The summed E-state index contributed by atoms with van der Waals surface area (Å²) < 4.78 is 5.91. The zero-order valence-electron chi connectivity index (χ0n) is 9.12. The van der Waals surface area contributed by atoms with Crippen LogP contribution in [0.2, 0.25) is 5.02 Å². The second-order valence-electron chi connectivity index (χ2n) is 3.19. The van der Waals surface area contributed by atoms with Crippen molar-refractivity contribution in [2.75, 3.05) is 31.7 Å². The van der Waals surface area contributed by atoms with Crippen LogP contribution in [0.1, 0.15) is 0 Å². The molecule has 5 heteroatoms. The van der Waals surface area contributed by atoms with Gasteiger partial charge in [-0.2, -0.15) is 0 Å². The van der Waals surface area contributed by atoms with Gasteiger partial charge in [0.15, 0.2) is 0 Å². The Balaban J connectivity index is 2.86. The summed E-state index contributed by atoms with van der Waals surface area (Å²) >= 11 is 9.46. The van der Waals surface area contributed by atoms with Crippen LogP contribution in [-0.2, 0) is 4.74 Å². The van der Waals surface area contributed by atoms with Gasteiger partial charge in [-0.1, -0.05) is 17.7 Å². The highest BCUT2D eigenvalue weighted by Crippen LogP contribution is 2.25. The monoisotopic (exact) mass is 304 g/mol. The van der Waals surface area contributed by atoms with E-state index in [1.165, 1.54) is 0 Å². The van der Waals surface area contributed by atoms with Crippen molar-refractivity contribution in [2.45, 2.75) is 0 Å². The Labute approximate surface area is 109 Å². The van der Waals surface area contributed by atoms with E-state index >= 15 is 0 Å². The molecule has 16 heavy (non-hydrogen) atoms. The summed E-state index contributed by atoms with van der Waals surface area (Å²) in [6.07, 6.45) is 3.54. The second kappa shape index (κ2) is 6.89. The van der Waals surface area contributed by atoms with Crippen LogP contribution in [0.4, 0.5) is 5.82 Å². The molecule has 0 atom stereocenters. The van der Waals surface area contributed by atoms with Crippen molar-refractivity contribution in [2.24, 2.45) is 0 Å². The molecule has 0 spiro atoms. The van der Waals surface area contributed by atoms with Gasteiger partial charge >= 0.3 is 0 Å². The molecule has 0 aromatic carbocycles. The van der Waals surface area contributed by atoms with E-state index in [2.05, 4.69) is 27.5 Å². The summed E-state index contributed by atoms with van der Waals surface area (Å²) in [5, 5.41) is 0.618. The lowest BCUT2D eigenvalue weighted by Crippen LogP contribution is -2.28. The van der Waals surface area contributed by atoms with Crippen molar-refractivity contribution in [3.05, 3.63) is 34.4 Å². The SMILES string of the molecule is C=CCN(CCOC)c1ncc(Br)cc1Cl. The Morgan fingerprint density at radius 1 is 1.69 bits per heavy atom. The Kier molecular flexibility index (Phi) is 5.80. The topological polar surface area (TPSA) is 25.4 Å². The van der Waals surface area contributed by atoms with E-state index < -0.39 is 0 Å². The maximum atomic E-state index is 6.13. The number of aromatic nitrogens is 1. The minimum atomic E-state index is 0.618. The summed E-state index contributed by atoms with van der Waals surface area (Å²) in [5.74, 6) is 0.752. The highest BCUT2D eigenvalue weighted by molar-refractivity contribution is 9.10. The number of hydrogen-bond donors (Lipinski definition) is 0. The van der Waals surface area contributed by atoms with Crippen molar-refractivity contribution in [3.8, 4) is 0 Å². The highest BCUT2D eigenvalue weighted by Gasteiger charge is 2.10. The van der Waals surface area contributed by atoms with Crippen LogP contribution in [0.15, 0.2) is 29.4 Å². The predicted octanol–water partition coefficient (Wildman–Crippen LogP) is 3.14. The van der Waals surface area contributed by atoms with Crippen molar-refractivity contribution in [1.82, 2.24) is 4.98 Å². The molecule has 0 aliphatic rings. The lowest BCUT2D eigenvalue weighted by molar-refractivity contribution is 0.205. The van der Waals surface area contributed by atoms with Crippen molar-refractivity contribution < 1.29 is 4.74 Å². The molecule has 0 saturated heterocycles. The Hall–Kier alpha value is -0.580. The van der Waals surface area contributed by atoms with Gasteiger partial charge in [0.2, 0.25) is 0 Å². The fraction of sp³-hybridized carbons (Fsp3) is 0.364. The molecule has 0 aliphatic carbocycles. The molecular formula is C11H14BrClN2O. The first-order valence-electron chi connectivity index (χ1n) is 4.85. The van der Waals surface area contributed by atoms with Gasteiger partial charge in [-0.3, -0.25) is 0 Å². The Bertz CT molecular complexity index is 360. The summed E-state index contributed by atoms with van der Waals surface area (Å²) in [6.45, 7) is 5.77. The smallest absolute Gasteiger partial charge is 0.147 e. The first kappa shape index (κ1) is 13.5. The number of pyridine rings is 1. The van der Waals surface area contributed by atoms with Crippen molar-refractivity contribution in [1.29, 1.82) is 0 Å². The molecule has 1 aromatic rings. The second-order valence-corrected chi connectivity index (χ2v) is 4.51. The van der Waals surface area contributed by atoms with E-state index in [9.17, 15) is 0 Å². The molecule has 3 nitrogen and oxygen atoms in total. The Morgan fingerprint density at radius 3 is 3.00 bits per heavy atom. The zero-order chi connectivity index (χ0) is 12.0. The summed E-state index contributed by atoms with van der Waals surface area (Å²) in [6, 6.07) is 1.83. The van der Waals surface area contributed by atoms with Crippen LogP contribution in [0.5, 0.6) is 0 Å². The molecule has 88 valence electrons. The number of ether oxygens (including phenoxy) is 1. The number of anilines is 1. The van der Waals surface area contributed by atoms with Gasteiger partial charge in [-0.05, 0) is 22.0 Å². The van der Waals surface area contributed by atoms with E-state index in [1.807, 2.05) is 17.0 Å². The third kappa shape index (κ3) is 3.77. The fourth-order valence-electron chi connectivity index (χ4n) is 1.28.